The second-order valence-electron chi connectivity index (χ2n) is 5.20. The zero-order valence-corrected chi connectivity index (χ0v) is 11.8. The van der Waals surface area contributed by atoms with Gasteiger partial charge in [0.25, 0.3) is 5.91 Å². The molecule has 2 rings (SSSR count). The van der Waals surface area contributed by atoms with Gasteiger partial charge >= 0.3 is 5.97 Å². The number of hydrogen-bond donors (Lipinski definition) is 2. The standard InChI is InChI=1S/C15H18N2O4/c1-10-3-2-4-11(7-10)14(19)16-5-6-17-9-12(15(20)21)8-13(17)18/h2-4,7,12H,5-6,8-9H2,1H3,(H,16,19)(H,20,21). The number of benzene rings is 1. The number of amides is 2. The van der Waals surface area contributed by atoms with Crippen LogP contribution < -0.4 is 5.32 Å². The number of likely N-dealkylation sites (tertiary alicyclic amines) is 1. The van der Waals surface area contributed by atoms with E-state index < -0.39 is 11.9 Å². The zero-order valence-electron chi connectivity index (χ0n) is 11.8. The second kappa shape index (κ2) is 6.39. The van der Waals surface area contributed by atoms with Crippen LogP contribution >= 0.6 is 0 Å². The van der Waals surface area contributed by atoms with Crippen molar-refractivity contribution in [2.24, 2.45) is 5.92 Å². The summed E-state index contributed by atoms with van der Waals surface area (Å²) in [4.78, 5) is 35.9. The Morgan fingerprint density at radius 2 is 2.19 bits per heavy atom. The molecule has 6 heteroatoms. The first-order valence-corrected chi connectivity index (χ1v) is 6.83. The van der Waals surface area contributed by atoms with Crippen molar-refractivity contribution in [3.63, 3.8) is 0 Å². The summed E-state index contributed by atoms with van der Waals surface area (Å²) in [7, 11) is 0. The van der Waals surface area contributed by atoms with Gasteiger partial charge in [0, 0.05) is 31.6 Å². The highest BCUT2D eigenvalue weighted by atomic mass is 16.4. The molecule has 0 aromatic heterocycles. The highest BCUT2D eigenvalue weighted by Crippen LogP contribution is 2.17. The molecule has 2 N–H and O–H groups in total. The van der Waals surface area contributed by atoms with Crippen molar-refractivity contribution < 1.29 is 19.5 Å². The van der Waals surface area contributed by atoms with Crippen molar-refractivity contribution in [3.05, 3.63) is 35.4 Å². The monoisotopic (exact) mass is 290 g/mol. The molecule has 0 aliphatic carbocycles. The van der Waals surface area contributed by atoms with E-state index in [1.54, 1.807) is 12.1 Å². The lowest BCUT2D eigenvalue weighted by Crippen LogP contribution is -2.36. The Morgan fingerprint density at radius 1 is 1.43 bits per heavy atom. The predicted octanol–water partition coefficient (Wildman–Crippen LogP) is 0.658. The van der Waals surface area contributed by atoms with Crippen LogP contribution in [0, 0.1) is 12.8 Å². The summed E-state index contributed by atoms with van der Waals surface area (Å²) in [6.07, 6.45) is 0.0428. The Labute approximate surface area is 122 Å². The molecule has 1 saturated heterocycles. The average Bonchev–Trinajstić information content (AvgIpc) is 2.80. The van der Waals surface area contributed by atoms with Crippen molar-refractivity contribution in [2.45, 2.75) is 13.3 Å². The highest BCUT2D eigenvalue weighted by molar-refractivity contribution is 5.94. The van der Waals surface area contributed by atoms with E-state index in [0.29, 0.717) is 18.7 Å². The van der Waals surface area contributed by atoms with Gasteiger partial charge in [0.05, 0.1) is 5.92 Å². The molecule has 1 atom stereocenters. The second-order valence-corrected chi connectivity index (χ2v) is 5.20. The summed E-state index contributed by atoms with van der Waals surface area (Å²) < 4.78 is 0. The van der Waals surface area contributed by atoms with Gasteiger partial charge in [-0.15, -0.1) is 0 Å². The number of carboxylic acids is 1. The van der Waals surface area contributed by atoms with Crippen LogP contribution in [-0.4, -0.2) is 47.4 Å². The van der Waals surface area contributed by atoms with Gasteiger partial charge in [-0.3, -0.25) is 14.4 Å². The van der Waals surface area contributed by atoms with Gasteiger partial charge in [-0.25, -0.2) is 0 Å². The molecule has 0 spiro atoms. The fourth-order valence-corrected chi connectivity index (χ4v) is 2.35. The van der Waals surface area contributed by atoms with Crippen LogP contribution in [0.4, 0.5) is 0 Å². The van der Waals surface area contributed by atoms with Crippen molar-refractivity contribution in [2.75, 3.05) is 19.6 Å². The Kier molecular flexibility index (Phi) is 4.57. The number of rotatable bonds is 5. The summed E-state index contributed by atoms with van der Waals surface area (Å²) in [5.74, 6) is -1.95. The molecule has 2 amide bonds. The van der Waals surface area contributed by atoms with Crippen LogP contribution in [0.15, 0.2) is 24.3 Å². The summed E-state index contributed by atoms with van der Waals surface area (Å²) in [6, 6.07) is 7.23. The van der Waals surface area contributed by atoms with E-state index >= 15 is 0 Å². The Balaban J connectivity index is 1.81. The maximum absolute atomic E-state index is 11.9. The lowest BCUT2D eigenvalue weighted by molar-refractivity contribution is -0.141. The molecular weight excluding hydrogens is 272 g/mol. The number of aliphatic carboxylic acids is 1. The molecule has 0 radical (unpaired) electrons. The smallest absolute Gasteiger partial charge is 0.308 e. The van der Waals surface area contributed by atoms with E-state index in [2.05, 4.69) is 5.32 Å². The van der Waals surface area contributed by atoms with E-state index in [-0.39, 0.29) is 24.8 Å². The number of nitrogens with zero attached hydrogens (tertiary/aromatic N) is 1. The van der Waals surface area contributed by atoms with E-state index in [1.807, 2.05) is 19.1 Å². The molecule has 1 aliphatic rings. The van der Waals surface area contributed by atoms with Crippen molar-refractivity contribution in [3.8, 4) is 0 Å². The normalized spacial score (nSPS) is 17.9. The number of aryl methyl sites for hydroxylation is 1. The predicted molar refractivity (Wildman–Crippen MR) is 75.8 cm³/mol. The molecule has 1 heterocycles. The van der Waals surface area contributed by atoms with Crippen LogP contribution in [0.25, 0.3) is 0 Å². The van der Waals surface area contributed by atoms with Gasteiger partial charge in [-0.1, -0.05) is 17.7 Å². The fraction of sp³-hybridized carbons (Fsp3) is 0.400. The first-order valence-electron chi connectivity index (χ1n) is 6.83. The largest absolute Gasteiger partial charge is 0.481 e. The molecule has 21 heavy (non-hydrogen) atoms. The third-order valence-corrected chi connectivity index (χ3v) is 3.51. The molecule has 1 unspecified atom stereocenters. The first kappa shape index (κ1) is 15.0. The van der Waals surface area contributed by atoms with Crippen LogP contribution in [0.2, 0.25) is 0 Å². The molecule has 6 nitrogen and oxygen atoms in total. The fourth-order valence-electron chi connectivity index (χ4n) is 2.35. The Hall–Kier alpha value is -2.37. The van der Waals surface area contributed by atoms with Gasteiger partial charge in [0.15, 0.2) is 0 Å². The maximum atomic E-state index is 11.9. The van der Waals surface area contributed by atoms with Crippen LogP contribution in [-0.2, 0) is 9.59 Å². The highest BCUT2D eigenvalue weighted by Gasteiger charge is 2.33. The minimum Gasteiger partial charge on any atom is -0.481 e. The van der Waals surface area contributed by atoms with Crippen LogP contribution in [0.3, 0.4) is 0 Å². The minimum absolute atomic E-state index is 0.0428. The molecule has 1 fully saturated rings. The van der Waals surface area contributed by atoms with Gasteiger partial charge in [-0.05, 0) is 19.1 Å². The van der Waals surface area contributed by atoms with Gasteiger partial charge in [0.1, 0.15) is 0 Å². The SMILES string of the molecule is Cc1cccc(C(=O)NCCN2CC(C(=O)O)CC2=O)c1. The molecule has 1 aliphatic heterocycles. The Morgan fingerprint density at radius 3 is 2.81 bits per heavy atom. The number of carboxylic acid groups (broad SMARTS) is 1. The molecule has 1 aromatic rings. The van der Waals surface area contributed by atoms with E-state index in [4.69, 9.17) is 5.11 Å². The van der Waals surface area contributed by atoms with Gasteiger partial charge < -0.3 is 15.3 Å². The third-order valence-electron chi connectivity index (χ3n) is 3.51. The molecule has 1 aromatic carbocycles. The van der Waals surface area contributed by atoms with E-state index in [0.717, 1.165) is 5.56 Å². The van der Waals surface area contributed by atoms with Crippen molar-refractivity contribution >= 4 is 17.8 Å². The summed E-state index contributed by atoms with van der Waals surface area (Å²) in [5.41, 5.74) is 1.58. The topological polar surface area (TPSA) is 86.7 Å². The lowest BCUT2D eigenvalue weighted by Gasteiger charge is -2.16. The van der Waals surface area contributed by atoms with E-state index in [9.17, 15) is 14.4 Å². The third kappa shape index (κ3) is 3.81. The summed E-state index contributed by atoms with van der Waals surface area (Å²) in [6.45, 7) is 2.77. The molecule has 0 saturated carbocycles. The summed E-state index contributed by atoms with van der Waals surface area (Å²) >= 11 is 0. The van der Waals surface area contributed by atoms with E-state index in [1.165, 1.54) is 4.90 Å². The maximum Gasteiger partial charge on any atom is 0.308 e. The lowest BCUT2D eigenvalue weighted by atomic mass is 10.1. The van der Waals surface area contributed by atoms with Crippen LogP contribution in [0.1, 0.15) is 22.3 Å². The van der Waals surface area contributed by atoms with Gasteiger partial charge in [0.2, 0.25) is 5.91 Å². The molecule has 112 valence electrons. The molecular formula is C15H18N2O4. The van der Waals surface area contributed by atoms with Crippen LogP contribution in [0.5, 0.6) is 0 Å². The van der Waals surface area contributed by atoms with Crippen molar-refractivity contribution in [1.29, 1.82) is 0 Å². The number of nitrogens with one attached hydrogen (secondary N) is 1. The minimum atomic E-state index is -0.949. The summed E-state index contributed by atoms with van der Waals surface area (Å²) in [5, 5.41) is 11.6. The van der Waals surface area contributed by atoms with Gasteiger partial charge in [-0.2, -0.15) is 0 Å². The zero-order chi connectivity index (χ0) is 15.4. The molecule has 0 bridgehead atoms. The number of hydrogen-bond acceptors (Lipinski definition) is 3. The Bertz CT molecular complexity index is 571. The number of carbonyl (C=O) groups excluding carboxylic acids is 2. The average molecular weight is 290 g/mol. The number of carbonyl (C=O) groups is 3. The van der Waals surface area contributed by atoms with Crippen molar-refractivity contribution in [1.82, 2.24) is 10.2 Å². The first-order chi connectivity index (χ1) is 9.97. The quantitative estimate of drug-likeness (QED) is 0.834.